The van der Waals surface area contributed by atoms with Gasteiger partial charge in [0, 0.05) is 11.6 Å². The molecule has 1 aromatic heterocycles. The summed E-state index contributed by atoms with van der Waals surface area (Å²) < 4.78 is 15.2. The molecule has 144 valence electrons. The number of nitro groups is 1. The lowest BCUT2D eigenvalue weighted by Crippen LogP contribution is -2.20. The second-order valence-electron chi connectivity index (χ2n) is 5.34. The van der Waals surface area contributed by atoms with Gasteiger partial charge < -0.3 is 14.8 Å². The monoisotopic (exact) mass is 404 g/mol. The Hall–Kier alpha value is -3.66. The van der Waals surface area contributed by atoms with E-state index in [1.54, 1.807) is 24.3 Å². The average molecular weight is 405 g/mol. The van der Waals surface area contributed by atoms with Crippen LogP contribution in [0.5, 0.6) is 11.8 Å². The zero-order valence-corrected chi connectivity index (χ0v) is 15.2. The molecule has 0 atom stereocenters. The van der Waals surface area contributed by atoms with Crippen molar-refractivity contribution in [3.8, 4) is 23.2 Å². The highest BCUT2D eigenvalue weighted by atomic mass is 35.5. The first kappa shape index (κ1) is 19.1. The van der Waals surface area contributed by atoms with Gasteiger partial charge in [0.15, 0.2) is 6.61 Å². The summed E-state index contributed by atoms with van der Waals surface area (Å²) in [6, 6.07) is 10.7. The van der Waals surface area contributed by atoms with Crippen LogP contribution < -0.4 is 14.8 Å². The van der Waals surface area contributed by atoms with Crippen molar-refractivity contribution >= 4 is 28.9 Å². The predicted molar refractivity (Wildman–Crippen MR) is 98.5 cm³/mol. The molecule has 2 aromatic carbocycles. The van der Waals surface area contributed by atoms with Gasteiger partial charge in [0.2, 0.25) is 5.82 Å². The molecule has 0 aliphatic heterocycles. The van der Waals surface area contributed by atoms with Crippen LogP contribution in [0.4, 0.5) is 11.4 Å². The Bertz CT molecular complexity index is 1020. The normalized spacial score (nSPS) is 10.4. The first-order valence-electron chi connectivity index (χ1n) is 7.81. The number of hydrogen-bond acceptors (Lipinski definition) is 8. The molecule has 0 radical (unpaired) electrons. The third-order valence-corrected chi connectivity index (χ3v) is 3.85. The molecule has 1 heterocycles. The fourth-order valence-electron chi connectivity index (χ4n) is 2.23. The van der Waals surface area contributed by atoms with Crippen molar-refractivity contribution in [2.24, 2.45) is 0 Å². The van der Waals surface area contributed by atoms with Crippen LogP contribution in [0, 0.1) is 10.1 Å². The summed E-state index contributed by atoms with van der Waals surface area (Å²) in [6.07, 6.45) is -0.208. The van der Waals surface area contributed by atoms with Crippen LogP contribution in [-0.4, -0.2) is 34.7 Å². The molecule has 1 amide bonds. The molecular formula is C17H13ClN4O6. The van der Waals surface area contributed by atoms with Crippen molar-refractivity contribution in [1.82, 2.24) is 10.1 Å². The van der Waals surface area contributed by atoms with Gasteiger partial charge in [-0.2, -0.15) is 4.98 Å². The summed E-state index contributed by atoms with van der Waals surface area (Å²) in [5.41, 5.74) is 0.649. The Morgan fingerprint density at radius 2 is 2.11 bits per heavy atom. The van der Waals surface area contributed by atoms with Gasteiger partial charge in [0.05, 0.1) is 28.8 Å². The number of methoxy groups -OCH3 is 1. The van der Waals surface area contributed by atoms with Crippen molar-refractivity contribution in [2.75, 3.05) is 19.0 Å². The van der Waals surface area contributed by atoms with Crippen LogP contribution in [0.2, 0.25) is 5.02 Å². The molecule has 0 aliphatic carbocycles. The van der Waals surface area contributed by atoms with E-state index in [0.29, 0.717) is 10.6 Å². The second-order valence-corrected chi connectivity index (χ2v) is 5.75. The van der Waals surface area contributed by atoms with Gasteiger partial charge in [-0.3, -0.25) is 19.4 Å². The van der Waals surface area contributed by atoms with E-state index in [2.05, 4.69) is 15.5 Å². The Morgan fingerprint density at radius 1 is 1.32 bits per heavy atom. The number of nitrogens with one attached hydrogen (secondary N) is 1. The lowest BCUT2D eigenvalue weighted by molar-refractivity contribution is -0.384. The number of carbonyl (C=O) groups excluding carboxylic acids is 1. The van der Waals surface area contributed by atoms with Crippen LogP contribution in [0.3, 0.4) is 0 Å². The van der Waals surface area contributed by atoms with Crippen molar-refractivity contribution < 1.29 is 23.7 Å². The van der Waals surface area contributed by atoms with Gasteiger partial charge in [-0.1, -0.05) is 28.9 Å². The minimum Gasteiger partial charge on any atom is -0.494 e. The highest BCUT2D eigenvalue weighted by Crippen LogP contribution is 2.29. The van der Waals surface area contributed by atoms with Crippen molar-refractivity contribution in [3.05, 3.63) is 57.6 Å². The Morgan fingerprint density at radius 3 is 2.82 bits per heavy atom. The summed E-state index contributed by atoms with van der Waals surface area (Å²) >= 11 is 6.06. The molecule has 0 saturated heterocycles. The van der Waals surface area contributed by atoms with Crippen molar-refractivity contribution in [3.63, 3.8) is 0 Å². The fourth-order valence-corrected chi connectivity index (χ4v) is 2.45. The molecule has 11 heteroatoms. The zero-order valence-electron chi connectivity index (χ0n) is 14.4. The van der Waals surface area contributed by atoms with E-state index in [1.807, 2.05) is 0 Å². The third-order valence-electron chi connectivity index (χ3n) is 3.52. The molecule has 0 spiro atoms. The SMILES string of the molecule is COc1cc([N+](=O)[O-])ccc1NC(=O)COc1nc(-c2ccccc2Cl)no1. The van der Waals surface area contributed by atoms with Gasteiger partial charge in [-0.15, -0.1) is 0 Å². The van der Waals surface area contributed by atoms with E-state index in [4.69, 9.17) is 25.6 Å². The number of aromatic nitrogens is 2. The number of nitrogens with zero attached hydrogens (tertiary/aromatic N) is 3. The van der Waals surface area contributed by atoms with Crippen molar-refractivity contribution in [2.45, 2.75) is 0 Å². The number of benzene rings is 2. The maximum atomic E-state index is 12.1. The number of amides is 1. The number of nitro benzene ring substituents is 1. The quantitative estimate of drug-likeness (QED) is 0.468. The van der Waals surface area contributed by atoms with E-state index < -0.39 is 17.4 Å². The minimum atomic E-state index is -0.566. The van der Waals surface area contributed by atoms with E-state index in [-0.39, 0.29) is 29.0 Å². The van der Waals surface area contributed by atoms with Gasteiger partial charge in [0.25, 0.3) is 11.6 Å². The summed E-state index contributed by atoms with van der Waals surface area (Å²) in [7, 11) is 1.33. The van der Waals surface area contributed by atoms with E-state index in [9.17, 15) is 14.9 Å². The standard InChI is InChI=1S/C17H13ClN4O6/c1-26-14-8-10(22(24)25)6-7-13(14)19-15(23)9-27-17-20-16(21-28-17)11-4-2-3-5-12(11)18/h2-8H,9H2,1H3,(H,19,23). The Balaban J connectivity index is 1.62. The Labute approximate surface area is 163 Å². The summed E-state index contributed by atoms with van der Waals surface area (Å²) in [5.74, 6) is -0.191. The Kier molecular flexibility index (Phi) is 5.70. The molecule has 28 heavy (non-hydrogen) atoms. The molecule has 3 aromatic rings. The van der Waals surface area contributed by atoms with Crippen LogP contribution >= 0.6 is 11.6 Å². The minimum absolute atomic E-state index is 0.140. The van der Waals surface area contributed by atoms with Crippen LogP contribution in [0.25, 0.3) is 11.4 Å². The molecule has 10 nitrogen and oxygen atoms in total. The zero-order chi connectivity index (χ0) is 20.1. The van der Waals surface area contributed by atoms with Gasteiger partial charge in [-0.05, 0) is 18.2 Å². The first-order valence-corrected chi connectivity index (χ1v) is 8.19. The highest BCUT2D eigenvalue weighted by Gasteiger charge is 2.16. The number of rotatable bonds is 7. The lowest BCUT2D eigenvalue weighted by Gasteiger charge is -2.09. The molecule has 0 aliphatic rings. The smallest absolute Gasteiger partial charge is 0.418 e. The number of anilines is 1. The lowest BCUT2D eigenvalue weighted by atomic mass is 10.2. The highest BCUT2D eigenvalue weighted by molar-refractivity contribution is 6.33. The number of halogens is 1. The summed E-state index contributed by atoms with van der Waals surface area (Å²) in [4.78, 5) is 26.3. The van der Waals surface area contributed by atoms with E-state index >= 15 is 0 Å². The average Bonchev–Trinajstić information content (AvgIpc) is 3.15. The largest absolute Gasteiger partial charge is 0.494 e. The molecule has 0 saturated carbocycles. The van der Waals surface area contributed by atoms with Gasteiger partial charge in [0.1, 0.15) is 5.75 Å². The fraction of sp³-hybridized carbons (Fsp3) is 0.118. The molecule has 0 bridgehead atoms. The summed E-state index contributed by atoms with van der Waals surface area (Å²) in [6.45, 7) is -0.426. The third kappa shape index (κ3) is 4.35. The molecular weight excluding hydrogens is 392 g/mol. The maximum Gasteiger partial charge on any atom is 0.418 e. The first-order chi connectivity index (χ1) is 13.5. The number of ether oxygens (including phenoxy) is 2. The van der Waals surface area contributed by atoms with Crippen LogP contribution in [-0.2, 0) is 4.79 Å². The predicted octanol–water partition coefficient (Wildman–Crippen LogP) is 3.32. The van der Waals surface area contributed by atoms with Crippen LogP contribution in [0.15, 0.2) is 47.0 Å². The molecule has 0 fully saturated rings. The number of hydrogen-bond donors (Lipinski definition) is 1. The summed E-state index contributed by atoms with van der Waals surface area (Å²) in [5, 5.41) is 17.5. The van der Waals surface area contributed by atoms with Crippen LogP contribution in [0.1, 0.15) is 0 Å². The molecule has 3 rings (SSSR count). The second kappa shape index (κ2) is 8.35. The molecule has 0 unspecified atom stereocenters. The van der Waals surface area contributed by atoms with E-state index in [0.717, 1.165) is 0 Å². The van der Waals surface area contributed by atoms with Crippen molar-refractivity contribution in [1.29, 1.82) is 0 Å². The van der Waals surface area contributed by atoms with Gasteiger partial charge >= 0.3 is 6.08 Å². The molecule has 1 N–H and O–H groups in total. The number of non-ortho nitro benzene ring substituents is 1. The maximum absolute atomic E-state index is 12.1. The van der Waals surface area contributed by atoms with E-state index in [1.165, 1.54) is 25.3 Å². The number of carbonyl (C=O) groups is 1. The van der Waals surface area contributed by atoms with Gasteiger partial charge in [-0.25, -0.2) is 0 Å². The topological polar surface area (TPSA) is 130 Å².